The first-order chi connectivity index (χ1) is 8.11. The Morgan fingerprint density at radius 2 is 2.06 bits per heavy atom. The van der Waals surface area contributed by atoms with Crippen molar-refractivity contribution in [3.63, 3.8) is 0 Å². The molecule has 0 aliphatic carbocycles. The van der Waals surface area contributed by atoms with Crippen molar-refractivity contribution in [1.29, 1.82) is 0 Å². The van der Waals surface area contributed by atoms with Gasteiger partial charge in [-0.1, -0.05) is 13.3 Å². The molecular formula is C13H20N2OS. The van der Waals surface area contributed by atoms with Gasteiger partial charge in [0.05, 0.1) is 0 Å². The third-order valence-corrected chi connectivity index (χ3v) is 3.50. The van der Waals surface area contributed by atoms with Crippen LogP contribution in [0.2, 0.25) is 0 Å². The number of anilines is 1. The second-order valence-corrected chi connectivity index (χ2v) is 5.16. The summed E-state index contributed by atoms with van der Waals surface area (Å²) in [6.07, 6.45) is 2.19. The summed E-state index contributed by atoms with van der Waals surface area (Å²) in [4.78, 5) is 12.0. The highest BCUT2D eigenvalue weighted by Crippen LogP contribution is 2.21. The predicted octanol–water partition coefficient (Wildman–Crippen LogP) is 2.86. The van der Waals surface area contributed by atoms with E-state index in [-0.39, 0.29) is 11.9 Å². The second-order valence-electron chi connectivity index (χ2n) is 4.07. The lowest BCUT2D eigenvalue weighted by Gasteiger charge is -2.10. The number of nitrogens with two attached hydrogens (primary N) is 1. The van der Waals surface area contributed by atoms with Crippen LogP contribution in [0.25, 0.3) is 0 Å². The van der Waals surface area contributed by atoms with E-state index in [1.54, 1.807) is 11.8 Å². The van der Waals surface area contributed by atoms with Crippen LogP contribution in [0.4, 0.5) is 5.69 Å². The predicted molar refractivity (Wildman–Crippen MR) is 74.4 cm³/mol. The Kier molecular flexibility index (Phi) is 6.08. The zero-order chi connectivity index (χ0) is 12.7. The summed E-state index contributed by atoms with van der Waals surface area (Å²) in [5.74, 6) is 0.892. The number of rotatable bonds is 6. The first-order valence-corrected chi connectivity index (χ1v) is 6.86. The van der Waals surface area contributed by atoms with Crippen molar-refractivity contribution in [2.24, 2.45) is 5.73 Å². The number of carbonyl (C=O) groups is 1. The van der Waals surface area contributed by atoms with Crippen LogP contribution >= 0.6 is 11.8 Å². The maximum atomic E-state index is 10.9. The van der Waals surface area contributed by atoms with Gasteiger partial charge in [-0.25, -0.2) is 0 Å². The van der Waals surface area contributed by atoms with E-state index in [4.69, 9.17) is 5.73 Å². The molecular weight excluding hydrogens is 232 g/mol. The molecule has 4 heteroatoms. The van der Waals surface area contributed by atoms with Gasteiger partial charge in [0.15, 0.2) is 0 Å². The highest BCUT2D eigenvalue weighted by atomic mass is 32.2. The van der Waals surface area contributed by atoms with Crippen molar-refractivity contribution < 1.29 is 4.79 Å². The minimum absolute atomic E-state index is 0.0460. The molecule has 1 rings (SSSR count). The number of carbonyl (C=O) groups excluding carboxylic acids is 1. The highest BCUT2D eigenvalue weighted by molar-refractivity contribution is 7.99. The molecule has 17 heavy (non-hydrogen) atoms. The van der Waals surface area contributed by atoms with E-state index in [0.717, 1.165) is 24.3 Å². The lowest BCUT2D eigenvalue weighted by atomic mass is 10.2. The molecule has 0 aromatic heterocycles. The number of amides is 1. The lowest BCUT2D eigenvalue weighted by Crippen LogP contribution is -2.22. The van der Waals surface area contributed by atoms with Crippen LogP contribution in [0.3, 0.4) is 0 Å². The van der Waals surface area contributed by atoms with E-state index in [1.807, 2.05) is 24.3 Å². The van der Waals surface area contributed by atoms with Gasteiger partial charge in [-0.05, 0) is 30.7 Å². The van der Waals surface area contributed by atoms with Crippen LogP contribution in [0.5, 0.6) is 0 Å². The van der Waals surface area contributed by atoms with Crippen LogP contribution in [0, 0.1) is 0 Å². The Morgan fingerprint density at radius 1 is 1.41 bits per heavy atom. The normalized spacial score (nSPS) is 12.2. The smallest absolute Gasteiger partial charge is 0.221 e. The highest BCUT2D eigenvalue weighted by Gasteiger charge is 2.02. The Labute approximate surface area is 107 Å². The van der Waals surface area contributed by atoms with Gasteiger partial charge in [0.1, 0.15) is 0 Å². The van der Waals surface area contributed by atoms with Crippen LogP contribution in [0.15, 0.2) is 29.2 Å². The summed E-state index contributed by atoms with van der Waals surface area (Å²) < 4.78 is 0. The van der Waals surface area contributed by atoms with Gasteiger partial charge in [0.25, 0.3) is 0 Å². The molecule has 0 spiro atoms. The molecule has 0 saturated heterocycles. The maximum absolute atomic E-state index is 10.9. The van der Waals surface area contributed by atoms with Gasteiger partial charge in [0, 0.05) is 29.3 Å². The maximum Gasteiger partial charge on any atom is 0.221 e. The van der Waals surface area contributed by atoms with Gasteiger partial charge in [0.2, 0.25) is 5.91 Å². The zero-order valence-electron chi connectivity index (χ0n) is 10.4. The third kappa shape index (κ3) is 5.75. The third-order valence-electron chi connectivity index (χ3n) is 2.30. The molecule has 1 aromatic carbocycles. The van der Waals surface area contributed by atoms with Crippen LogP contribution in [-0.2, 0) is 4.79 Å². The molecule has 0 fully saturated rings. The van der Waals surface area contributed by atoms with E-state index in [9.17, 15) is 4.79 Å². The standard InChI is InChI=1S/C13H20N2OS/c1-3-4-11(14)9-17-13-7-5-12(6-8-13)15-10(2)16/h5-8,11H,3-4,9,14H2,1-2H3,(H,15,16). The Balaban J connectivity index is 2.42. The average molecular weight is 252 g/mol. The minimum atomic E-state index is -0.0460. The van der Waals surface area contributed by atoms with Crippen molar-refractivity contribution in [2.45, 2.75) is 37.6 Å². The zero-order valence-corrected chi connectivity index (χ0v) is 11.2. The molecule has 3 nitrogen and oxygen atoms in total. The van der Waals surface area contributed by atoms with Gasteiger partial charge >= 0.3 is 0 Å². The molecule has 1 atom stereocenters. The molecule has 3 N–H and O–H groups in total. The number of benzene rings is 1. The Morgan fingerprint density at radius 3 is 2.59 bits per heavy atom. The molecule has 0 bridgehead atoms. The molecule has 94 valence electrons. The van der Waals surface area contributed by atoms with E-state index < -0.39 is 0 Å². The molecule has 0 aliphatic heterocycles. The summed E-state index contributed by atoms with van der Waals surface area (Å²) in [6, 6.07) is 8.10. The largest absolute Gasteiger partial charge is 0.327 e. The second kappa shape index (κ2) is 7.35. The van der Waals surface area contributed by atoms with Crippen molar-refractivity contribution in [2.75, 3.05) is 11.1 Å². The number of hydrogen-bond acceptors (Lipinski definition) is 3. The molecule has 1 aromatic rings. The van der Waals surface area contributed by atoms with Gasteiger partial charge in [-0.3, -0.25) is 4.79 Å². The first-order valence-electron chi connectivity index (χ1n) is 5.88. The van der Waals surface area contributed by atoms with Gasteiger partial charge < -0.3 is 11.1 Å². The van der Waals surface area contributed by atoms with Gasteiger partial charge in [-0.15, -0.1) is 11.8 Å². The summed E-state index contributed by atoms with van der Waals surface area (Å²) in [7, 11) is 0. The molecule has 0 heterocycles. The molecule has 0 aliphatic rings. The fraction of sp³-hybridized carbons (Fsp3) is 0.462. The fourth-order valence-electron chi connectivity index (χ4n) is 1.50. The number of nitrogens with one attached hydrogen (secondary N) is 1. The SMILES string of the molecule is CCCC(N)CSc1ccc(NC(C)=O)cc1. The summed E-state index contributed by atoms with van der Waals surface area (Å²) in [5, 5.41) is 2.74. The molecule has 1 amide bonds. The number of hydrogen-bond donors (Lipinski definition) is 2. The topological polar surface area (TPSA) is 55.1 Å². The quantitative estimate of drug-likeness (QED) is 0.765. The van der Waals surface area contributed by atoms with Crippen molar-refractivity contribution in [3.05, 3.63) is 24.3 Å². The number of thioether (sulfide) groups is 1. The molecule has 0 saturated carbocycles. The van der Waals surface area contributed by atoms with Crippen LogP contribution < -0.4 is 11.1 Å². The van der Waals surface area contributed by atoms with Crippen LogP contribution in [0.1, 0.15) is 26.7 Å². The Bertz CT molecular complexity index is 351. The summed E-state index contributed by atoms with van der Waals surface area (Å²) in [5.41, 5.74) is 6.78. The van der Waals surface area contributed by atoms with E-state index in [0.29, 0.717) is 0 Å². The van der Waals surface area contributed by atoms with Crippen molar-refractivity contribution >= 4 is 23.4 Å². The fourth-order valence-corrected chi connectivity index (χ4v) is 2.40. The van der Waals surface area contributed by atoms with E-state index in [2.05, 4.69) is 12.2 Å². The first kappa shape index (κ1) is 14.1. The van der Waals surface area contributed by atoms with Gasteiger partial charge in [-0.2, -0.15) is 0 Å². The van der Waals surface area contributed by atoms with E-state index in [1.165, 1.54) is 11.8 Å². The average Bonchev–Trinajstić information content (AvgIpc) is 2.28. The molecule has 1 unspecified atom stereocenters. The van der Waals surface area contributed by atoms with Crippen LogP contribution in [-0.4, -0.2) is 17.7 Å². The summed E-state index contributed by atoms with van der Waals surface area (Å²) >= 11 is 1.76. The minimum Gasteiger partial charge on any atom is -0.327 e. The Hall–Kier alpha value is -1.00. The molecule has 0 radical (unpaired) electrons. The van der Waals surface area contributed by atoms with Crippen molar-refractivity contribution in [3.8, 4) is 0 Å². The summed E-state index contributed by atoms with van der Waals surface area (Å²) in [6.45, 7) is 3.65. The lowest BCUT2D eigenvalue weighted by molar-refractivity contribution is -0.114. The van der Waals surface area contributed by atoms with Crippen molar-refractivity contribution in [1.82, 2.24) is 0 Å². The van der Waals surface area contributed by atoms with E-state index >= 15 is 0 Å². The monoisotopic (exact) mass is 252 g/mol.